The second-order valence-corrected chi connectivity index (χ2v) is 8.20. The average molecular weight is 363 g/mol. The fourth-order valence-electron chi connectivity index (χ4n) is 5.46. The van der Waals surface area contributed by atoms with Crippen molar-refractivity contribution < 1.29 is 9.90 Å². The molecule has 4 fully saturated rings. The highest BCUT2D eigenvalue weighted by molar-refractivity contribution is 5.95. The Balaban J connectivity index is 1.53. The van der Waals surface area contributed by atoms with E-state index in [0.29, 0.717) is 24.4 Å². The molecule has 6 rings (SSSR count). The Labute approximate surface area is 159 Å². The van der Waals surface area contributed by atoms with Crippen molar-refractivity contribution in [2.24, 2.45) is 5.92 Å². The quantitative estimate of drug-likeness (QED) is 0.891. The highest BCUT2D eigenvalue weighted by Crippen LogP contribution is 2.47. The number of aromatic nitrogens is 1. The summed E-state index contributed by atoms with van der Waals surface area (Å²) in [5, 5.41) is 10.2. The third-order valence-corrected chi connectivity index (χ3v) is 6.75. The van der Waals surface area contributed by atoms with Gasteiger partial charge in [-0.3, -0.25) is 9.69 Å². The van der Waals surface area contributed by atoms with Crippen molar-refractivity contribution in [1.82, 2.24) is 14.8 Å². The van der Waals surface area contributed by atoms with Gasteiger partial charge in [0.2, 0.25) is 0 Å². The van der Waals surface area contributed by atoms with E-state index >= 15 is 0 Å². The zero-order chi connectivity index (χ0) is 18.5. The third kappa shape index (κ3) is 2.64. The summed E-state index contributed by atoms with van der Waals surface area (Å²) >= 11 is 0. The fraction of sp³-hybridized carbons (Fsp3) is 0.455. The first-order valence-electron chi connectivity index (χ1n) is 9.89. The summed E-state index contributed by atoms with van der Waals surface area (Å²) in [5.41, 5.74) is 2.74. The van der Waals surface area contributed by atoms with Gasteiger partial charge in [-0.05, 0) is 56.5 Å². The molecule has 4 aliphatic heterocycles. The van der Waals surface area contributed by atoms with Crippen LogP contribution in [0.15, 0.2) is 42.6 Å². The number of pyridine rings is 1. The number of hydrogen-bond donors (Lipinski definition) is 1. The smallest absolute Gasteiger partial charge is 0.276 e. The number of aromatic hydroxyl groups is 1. The van der Waals surface area contributed by atoms with Crippen molar-refractivity contribution >= 4 is 5.91 Å². The normalized spacial score (nSPS) is 31.7. The predicted octanol–water partition coefficient (Wildman–Crippen LogP) is 2.80. The van der Waals surface area contributed by atoms with Gasteiger partial charge < -0.3 is 10.0 Å². The number of carbonyl (C=O) groups is 1. The molecule has 2 aromatic rings. The molecule has 1 aromatic carbocycles. The second-order valence-electron chi connectivity index (χ2n) is 8.20. The lowest BCUT2D eigenvalue weighted by Gasteiger charge is -2.51. The van der Waals surface area contributed by atoms with Crippen LogP contribution in [0.3, 0.4) is 0 Å². The molecule has 0 unspecified atom stereocenters. The van der Waals surface area contributed by atoms with E-state index in [1.165, 1.54) is 11.1 Å². The van der Waals surface area contributed by atoms with Crippen LogP contribution >= 0.6 is 0 Å². The molecule has 4 aliphatic rings. The molecule has 2 bridgehead atoms. The zero-order valence-electron chi connectivity index (χ0n) is 15.6. The van der Waals surface area contributed by atoms with E-state index in [0.717, 1.165) is 25.9 Å². The summed E-state index contributed by atoms with van der Waals surface area (Å²) in [6, 6.07) is 12.5. The topological polar surface area (TPSA) is 56.7 Å². The van der Waals surface area contributed by atoms with Gasteiger partial charge in [0, 0.05) is 24.7 Å². The van der Waals surface area contributed by atoms with E-state index < -0.39 is 0 Å². The molecule has 0 saturated carbocycles. The minimum absolute atomic E-state index is 0.0286. The van der Waals surface area contributed by atoms with Crippen LogP contribution in [0.2, 0.25) is 0 Å². The Bertz CT molecular complexity index is 858. The molecule has 0 spiro atoms. The number of nitrogens with zero attached hydrogens (tertiary/aromatic N) is 3. The summed E-state index contributed by atoms with van der Waals surface area (Å²) in [5.74, 6) is 0.698. The monoisotopic (exact) mass is 363 g/mol. The third-order valence-electron chi connectivity index (χ3n) is 6.75. The highest BCUT2D eigenvalue weighted by Gasteiger charge is 2.55. The average Bonchev–Trinajstić information content (AvgIpc) is 3.12. The Kier molecular flexibility index (Phi) is 3.93. The van der Waals surface area contributed by atoms with E-state index in [2.05, 4.69) is 41.1 Å². The molecule has 5 nitrogen and oxygen atoms in total. The largest absolute Gasteiger partial charge is 0.505 e. The second kappa shape index (κ2) is 6.34. The SMILES string of the molecule is Cc1ccc([C@@H]2CN(C(=O)c3ncccc3O)[C@H]3C4CCN(CC4)[C@@H]23)cc1. The van der Waals surface area contributed by atoms with Gasteiger partial charge in [-0.1, -0.05) is 29.8 Å². The number of amides is 1. The number of fused-ring (bicyclic) bond motifs is 2. The molecule has 0 radical (unpaired) electrons. The number of carbonyl (C=O) groups excluding carboxylic acids is 1. The van der Waals surface area contributed by atoms with Crippen LogP contribution in [0, 0.1) is 12.8 Å². The Morgan fingerprint density at radius 1 is 1.11 bits per heavy atom. The number of aryl methyl sites for hydroxylation is 1. The number of rotatable bonds is 2. The van der Waals surface area contributed by atoms with Gasteiger partial charge in [-0.2, -0.15) is 0 Å². The molecular formula is C22H25N3O2. The summed E-state index contributed by atoms with van der Waals surface area (Å²) < 4.78 is 0. The van der Waals surface area contributed by atoms with Crippen LogP contribution in [-0.4, -0.2) is 57.5 Å². The lowest BCUT2D eigenvalue weighted by molar-refractivity contribution is -0.00366. The predicted molar refractivity (Wildman–Crippen MR) is 103 cm³/mol. The lowest BCUT2D eigenvalue weighted by atomic mass is 9.75. The summed E-state index contributed by atoms with van der Waals surface area (Å²) in [4.78, 5) is 22.1. The first kappa shape index (κ1) is 16.8. The Morgan fingerprint density at radius 2 is 1.85 bits per heavy atom. The Hall–Kier alpha value is -2.40. The maximum atomic E-state index is 13.3. The van der Waals surface area contributed by atoms with Crippen LogP contribution in [-0.2, 0) is 0 Å². The highest BCUT2D eigenvalue weighted by atomic mass is 16.3. The molecule has 5 heteroatoms. The molecule has 1 aromatic heterocycles. The molecule has 5 heterocycles. The number of likely N-dealkylation sites (tertiary alicyclic amines) is 1. The molecular weight excluding hydrogens is 338 g/mol. The summed E-state index contributed by atoms with van der Waals surface area (Å²) in [6.45, 7) is 5.06. The van der Waals surface area contributed by atoms with Crippen molar-refractivity contribution in [2.45, 2.75) is 37.8 Å². The zero-order valence-corrected chi connectivity index (χ0v) is 15.6. The standard InChI is InChI=1S/C22H25N3O2/c1-14-4-6-15(7-5-14)17-13-25(22(27)19-18(26)3-2-10-23-19)20-16-8-11-24(12-9-16)21(17)20/h2-7,10,16-17,20-21,26H,8-9,11-13H2,1H3/t17-,20-,21-/m0/s1. The van der Waals surface area contributed by atoms with E-state index in [9.17, 15) is 9.90 Å². The van der Waals surface area contributed by atoms with E-state index in [1.807, 2.05) is 4.90 Å². The van der Waals surface area contributed by atoms with Crippen molar-refractivity contribution in [3.63, 3.8) is 0 Å². The van der Waals surface area contributed by atoms with Gasteiger partial charge in [0.15, 0.2) is 5.69 Å². The molecule has 1 amide bonds. The van der Waals surface area contributed by atoms with Gasteiger partial charge in [0.05, 0.1) is 6.04 Å². The number of hydrogen-bond acceptors (Lipinski definition) is 4. The van der Waals surface area contributed by atoms with Crippen LogP contribution in [0.5, 0.6) is 5.75 Å². The minimum Gasteiger partial charge on any atom is -0.505 e. The first-order chi connectivity index (χ1) is 13.1. The Morgan fingerprint density at radius 3 is 2.56 bits per heavy atom. The van der Waals surface area contributed by atoms with Crippen molar-refractivity contribution in [3.05, 3.63) is 59.4 Å². The van der Waals surface area contributed by atoms with Crippen LogP contribution in [0.4, 0.5) is 0 Å². The van der Waals surface area contributed by atoms with Gasteiger partial charge in [0.25, 0.3) is 5.91 Å². The van der Waals surface area contributed by atoms with Crippen molar-refractivity contribution in [2.75, 3.05) is 19.6 Å². The maximum absolute atomic E-state index is 13.3. The molecule has 27 heavy (non-hydrogen) atoms. The van der Waals surface area contributed by atoms with Gasteiger partial charge in [-0.25, -0.2) is 4.98 Å². The van der Waals surface area contributed by atoms with Gasteiger partial charge in [-0.15, -0.1) is 0 Å². The molecule has 1 N–H and O–H groups in total. The van der Waals surface area contributed by atoms with Gasteiger partial charge >= 0.3 is 0 Å². The first-order valence-corrected chi connectivity index (χ1v) is 9.89. The van der Waals surface area contributed by atoms with Crippen LogP contribution in [0.1, 0.15) is 40.4 Å². The summed E-state index contributed by atoms with van der Waals surface area (Å²) in [6.07, 6.45) is 3.88. The van der Waals surface area contributed by atoms with Crippen molar-refractivity contribution in [3.8, 4) is 5.75 Å². The van der Waals surface area contributed by atoms with Crippen molar-refractivity contribution in [1.29, 1.82) is 0 Å². The van der Waals surface area contributed by atoms with E-state index in [-0.39, 0.29) is 23.4 Å². The molecule has 4 saturated heterocycles. The summed E-state index contributed by atoms with van der Waals surface area (Å²) in [7, 11) is 0. The van der Waals surface area contributed by atoms with Crippen LogP contribution < -0.4 is 0 Å². The van der Waals surface area contributed by atoms with Crippen LogP contribution in [0.25, 0.3) is 0 Å². The van der Waals surface area contributed by atoms with E-state index in [4.69, 9.17) is 0 Å². The number of piperidine rings is 3. The van der Waals surface area contributed by atoms with E-state index in [1.54, 1.807) is 18.3 Å². The molecule has 140 valence electrons. The molecule has 0 aliphatic carbocycles. The molecule has 3 atom stereocenters. The fourth-order valence-corrected chi connectivity index (χ4v) is 5.46. The maximum Gasteiger partial charge on any atom is 0.276 e. The lowest BCUT2D eigenvalue weighted by Crippen LogP contribution is -2.60. The number of benzene rings is 1. The minimum atomic E-state index is -0.133. The van der Waals surface area contributed by atoms with Gasteiger partial charge in [0.1, 0.15) is 5.75 Å².